The van der Waals surface area contributed by atoms with Crippen molar-refractivity contribution in [3.8, 4) is 11.5 Å². The lowest BCUT2D eigenvalue weighted by Crippen LogP contribution is -2.46. The summed E-state index contributed by atoms with van der Waals surface area (Å²) >= 11 is 0. The number of aryl methyl sites for hydroxylation is 2. The van der Waals surface area contributed by atoms with E-state index in [1.54, 1.807) is 25.2 Å². The normalized spacial score (nSPS) is 14.2. The number of nitrogens with zero attached hydrogens (tertiary/aromatic N) is 7. The Balaban J connectivity index is 1.27. The predicted molar refractivity (Wildman–Crippen MR) is 140 cm³/mol. The molecule has 10 heteroatoms. The van der Waals surface area contributed by atoms with E-state index in [-0.39, 0.29) is 0 Å². The van der Waals surface area contributed by atoms with Crippen LogP contribution in [0.1, 0.15) is 12.5 Å². The van der Waals surface area contributed by atoms with Gasteiger partial charge in [-0.05, 0) is 54.9 Å². The van der Waals surface area contributed by atoms with E-state index in [4.69, 9.17) is 9.47 Å². The molecule has 0 saturated carbocycles. The molecule has 1 aliphatic rings. The van der Waals surface area contributed by atoms with E-state index in [0.717, 1.165) is 61.9 Å². The van der Waals surface area contributed by atoms with Crippen molar-refractivity contribution in [2.45, 2.75) is 19.9 Å². The number of ether oxygens (including phenoxy) is 2. The first kappa shape index (κ1) is 23.8. The molecule has 5 rings (SSSR count). The summed E-state index contributed by atoms with van der Waals surface area (Å²) in [6, 6.07) is 14.3. The molecule has 0 atom stereocenters. The van der Waals surface area contributed by atoms with Crippen LogP contribution in [-0.2, 0) is 13.0 Å². The minimum absolute atomic E-state index is 0.614. The number of aromatic nitrogens is 5. The van der Waals surface area contributed by atoms with Crippen LogP contribution in [0.4, 0.5) is 17.2 Å². The van der Waals surface area contributed by atoms with Crippen molar-refractivity contribution in [3.63, 3.8) is 0 Å². The van der Waals surface area contributed by atoms with Gasteiger partial charge in [0.1, 0.15) is 17.8 Å². The van der Waals surface area contributed by atoms with Crippen molar-refractivity contribution in [2.75, 3.05) is 57.2 Å². The van der Waals surface area contributed by atoms with Crippen LogP contribution in [0.15, 0.2) is 48.8 Å². The lowest BCUT2D eigenvalue weighted by Gasteiger charge is -2.35. The van der Waals surface area contributed by atoms with E-state index >= 15 is 0 Å². The zero-order valence-electron chi connectivity index (χ0n) is 21.0. The average Bonchev–Trinajstić information content (AvgIpc) is 3.36. The Kier molecular flexibility index (Phi) is 7.13. The van der Waals surface area contributed by atoms with Gasteiger partial charge < -0.3 is 24.6 Å². The standard InChI is InChI=1S/C26H32N8O2/c1-4-32-11-13-33(14-12-32)21-7-5-20(6-8-21)29-25-24-26(28-18-27-25)34(31-30-24)10-9-19-15-22(35-2)17-23(16-19)36-3/h5-8,15-18H,4,9-14H2,1-3H3,(H,27,28,29). The number of hydrogen-bond acceptors (Lipinski definition) is 9. The molecule has 3 heterocycles. The summed E-state index contributed by atoms with van der Waals surface area (Å²) < 4.78 is 12.6. The Labute approximate surface area is 210 Å². The van der Waals surface area contributed by atoms with Gasteiger partial charge >= 0.3 is 0 Å². The van der Waals surface area contributed by atoms with Crippen molar-refractivity contribution >= 4 is 28.4 Å². The van der Waals surface area contributed by atoms with Crippen LogP contribution in [-0.4, -0.2) is 76.8 Å². The van der Waals surface area contributed by atoms with Crippen LogP contribution < -0.4 is 19.7 Å². The molecule has 1 N–H and O–H groups in total. The minimum atomic E-state index is 0.614. The van der Waals surface area contributed by atoms with Gasteiger partial charge in [0.15, 0.2) is 17.0 Å². The van der Waals surface area contributed by atoms with Gasteiger partial charge in [0.05, 0.1) is 14.2 Å². The zero-order valence-corrected chi connectivity index (χ0v) is 21.0. The molecule has 0 radical (unpaired) electrons. The van der Waals surface area contributed by atoms with Crippen molar-refractivity contribution < 1.29 is 9.47 Å². The molecule has 10 nitrogen and oxygen atoms in total. The molecule has 0 unspecified atom stereocenters. The molecule has 0 bridgehead atoms. The topological polar surface area (TPSA) is 93.5 Å². The first-order valence-corrected chi connectivity index (χ1v) is 12.3. The molecule has 36 heavy (non-hydrogen) atoms. The molecular weight excluding hydrogens is 456 g/mol. The van der Waals surface area contributed by atoms with Gasteiger partial charge in [-0.2, -0.15) is 0 Å². The van der Waals surface area contributed by atoms with E-state index < -0.39 is 0 Å². The van der Waals surface area contributed by atoms with Crippen LogP contribution in [0.2, 0.25) is 0 Å². The molecule has 1 aliphatic heterocycles. The van der Waals surface area contributed by atoms with E-state index in [0.29, 0.717) is 23.5 Å². The second-order valence-corrected chi connectivity index (χ2v) is 8.77. The highest BCUT2D eigenvalue weighted by molar-refractivity contribution is 5.84. The largest absolute Gasteiger partial charge is 0.497 e. The van der Waals surface area contributed by atoms with E-state index in [1.807, 2.05) is 18.2 Å². The Hall–Kier alpha value is -3.92. The van der Waals surface area contributed by atoms with Crippen molar-refractivity contribution in [1.29, 1.82) is 0 Å². The predicted octanol–water partition coefficient (Wildman–Crippen LogP) is 3.37. The second kappa shape index (κ2) is 10.8. The fourth-order valence-corrected chi connectivity index (χ4v) is 4.49. The molecule has 1 fully saturated rings. The summed E-state index contributed by atoms with van der Waals surface area (Å²) in [7, 11) is 3.30. The fourth-order valence-electron chi connectivity index (χ4n) is 4.49. The molecule has 1 saturated heterocycles. The Morgan fingerprint density at radius 2 is 1.64 bits per heavy atom. The van der Waals surface area contributed by atoms with E-state index in [2.05, 4.69) is 66.6 Å². The monoisotopic (exact) mass is 488 g/mol. The van der Waals surface area contributed by atoms with Crippen molar-refractivity contribution in [3.05, 3.63) is 54.4 Å². The maximum Gasteiger partial charge on any atom is 0.183 e. The fraction of sp³-hybridized carbons (Fsp3) is 0.385. The highest BCUT2D eigenvalue weighted by atomic mass is 16.5. The van der Waals surface area contributed by atoms with E-state index in [9.17, 15) is 0 Å². The third-order valence-corrected chi connectivity index (χ3v) is 6.64. The first-order valence-electron chi connectivity index (χ1n) is 12.3. The molecule has 0 spiro atoms. The zero-order chi connectivity index (χ0) is 24.9. The van der Waals surface area contributed by atoms with Gasteiger partial charge in [-0.3, -0.25) is 0 Å². The van der Waals surface area contributed by atoms with Gasteiger partial charge in [-0.15, -0.1) is 5.10 Å². The summed E-state index contributed by atoms with van der Waals surface area (Å²) in [4.78, 5) is 13.8. The molecule has 2 aromatic carbocycles. The Morgan fingerprint density at radius 3 is 2.31 bits per heavy atom. The highest BCUT2D eigenvalue weighted by Gasteiger charge is 2.16. The maximum atomic E-state index is 5.38. The van der Waals surface area contributed by atoms with Crippen molar-refractivity contribution in [1.82, 2.24) is 29.9 Å². The second-order valence-electron chi connectivity index (χ2n) is 8.77. The third-order valence-electron chi connectivity index (χ3n) is 6.64. The first-order chi connectivity index (χ1) is 17.7. The lowest BCUT2D eigenvalue weighted by molar-refractivity contribution is 0.271. The Morgan fingerprint density at radius 1 is 0.917 bits per heavy atom. The van der Waals surface area contributed by atoms with Gasteiger partial charge in [0.2, 0.25) is 0 Å². The van der Waals surface area contributed by atoms with Gasteiger partial charge in [-0.1, -0.05) is 12.1 Å². The van der Waals surface area contributed by atoms with Crippen molar-refractivity contribution in [2.24, 2.45) is 0 Å². The van der Waals surface area contributed by atoms with Gasteiger partial charge in [0, 0.05) is 50.2 Å². The number of anilines is 3. The lowest BCUT2D eigenvalue weighted by atomic mass is 10.1. The SMILES string of the molecule is CCN1CCN(c2ccc(Nc3ncnc4c3nnn4CCc3cc(OC)cc(OC)c3)cc2)CC1. The summed E-state index contributed by atoms with van der Waals surface area (Å²) in [6.07, 6.45) is 2.27. The number of nitrogens with one attached hydrogen (secondary N) is 1. The summed E-state index contributed by atoms with van der Waals surface area (Å²) in [5, 5.41) is 12.1. The average molecular weight is 489 g/mol. The molecule has 188 valence electrons. The number of methoxy groups -OCH3 is 2. The Bertz CT molecular complexity index is 1280. The summed E-state index contributed by atoms with van der Waals surface area (Å²) in [5.41, 5.74) is 4.60. The van der Waals surface area contributed by atoms with Crippen LogP contribution in [0.25, 0.3) is 11.2 Å². The smallest absolute Gasteiger partial charge is 0.183 e. The van der Waals surface area contributed by atoms with Gasteiger partial charge in [-0.25, -0.2) is 14.6 Å². The summed E-state index contributed by atoms with van der Waals surface area (Å²) in [5.74, 6) is 2.16. The molecule has 0 aliphatic carbocycles. The van der Waals surface area contributed by atoms with Crippen LogP contribution in [0.3, 0.4) is 0 Å². The van der Waals surface area contributed by atoms with Crippen LogP contribution >= 0.6 is 0 Å². The van der Waals surface area contributed by atoms with Crippen LogP contribution in [0, 0.1) is 0 Å². The quantitative estimate of drug-likeness (QED) is 0.381. The molecule has 2 aromatic heterocycles. The number of fused-ring (bicyclic) bond motifs is 1. The molecular formula is C26H32N8O2. The number of benzene rings is 2. The molecule has 4 aromatic rings. The van der Waals surface area contributed by atoms with E-state index in [1.165, 1.54) is 5.69 Å². The number of rotatable bonds is 9. The number of hydrogen-bond donors (Lipinski definition) is 1. The third kappa shape index (κ3) is 5.18. The minimum Gasteiger partial charge on any atom is -0.497 e. The maximum absolute atomic E-state index is 5.38. The summed E-state index contributed by atoms with van der Waals surface area (Å²) in [6.45, 7) is 8.27. The molecule has 0 amide bonds. The number of piperazine rings is 1. The highest BCUT2D eigenvalue weighted by Crippen LogP contribution is 2.25. The number of likely N-dealkylation sites (N-methyl/N-ethyl adjacent to an activating group) is 1. The van der Waals surface area contributed by atoms with Crippen LogP contribution in [0.5, 0.6) is 11.5 Å². The van der Waals surface area contributed by atoms with Gasteiger partial charge in [0.25, 0.3) is 0 Å².